The fraction of sp³-hybridized carbons (Fsp3) is 0.667. The van der Waals surface area contributed by atoms with E-state index in [1.54, 1.807) is 0 Å². The van der Waals surface area contributed by atoms with Crippen LogP contribution in [0.25, 0.3) is 0 Å². The van der Waals surface area contributed by atoms with Crippen LogP contribution in [0.4, 0.5) is 4.79 Å². The first kappa shape index (κ1) is 18.8. The van der Waals surface area contributed by atoms with Crippen LogP contribution in [-0.2, 0) is 12.8 Å². The molecule has 3 heteroatoms. The number of carbonyl (C=O) groups is 1. The molecule has 1 aliphatic rings. The van der Waals surface area contributed by atoms with Crippen LogP contribution < -0.4 is 10.1 Å². The minimum Gasteiger partial charge on any atom is -0.410 e. The third kappa shape index (κ3) is 4.99. The van der Waals surface area contributed by atoms with E-state index in [9.17, 15) is 4.79 Å². The number of aryl methyl sites for hydroxylation is 2. The van der Waals surface area contributed by atoms with Gasteiger partial charge >= 0.3 is 6.09 Å². The zero-order valence-corrected chi connectivity index (χ0v) is 16.0. The van der Waals surface area contributed by atoms with Gasteiger partial charge < -0.3 is 10.1 Å². The number of hydrogen-bond donors (Lipinski definition) is 1. The Balaban J connectivity index is 1.94. The second kappa shape index (κ2) is 7.58. The summed E-state index contributed by atoms with van der Waals surface area (Å²) in [5.74, 6) is 0.682. The zero-order valence-electron chi connectivity index (χ0n) is 16.0. The van der Waals surface area contributed by atoms with Gasteiger partial charge in [0.1, 0.15) is 5.75 Å². The van der Waals surface area contributed by atoms with E-state index in [0.29, 0.717) is 17.7 Å². The molecule has 1 atom stereocenters. The van der Waals surface area contributed by atoms with Gasteiger partial charge in [0.15, 0.2) is 0 Å². The standard InChI is InChI=1S/C21H33NO2/c1-6-16-9-10-18(17(7-2)13-16)24-19(23)22-15-21(5)12-8-11-20(3,4)14-21/h9-10,13H,6-8,11-12,14-15H2,1-5H3,(H,22,23). The molecular weight excluding hydrogens is 298 g/mol. The molecule has 0 saturated heterocycles. The van der Waals surface area contributed by atoms with Crippen LogP contribution in [0.5, 0.6) is 5.75 Å². The average Bonchev–Trinajstić information content (AvgIpc) is 2.52. The molecule has 1 aromatic carbocycles. The molecule has 0 radical (unpaired) electrons. The molecule has 1 amide bonds. The molecule has 0 aliphatic heterocycles. The van der Waals surface area contributed by atoms with E-state index in [0.717, 1.165) is 24.8 Å². The van der Waals surface area contributed by atoms with Gasteiger partial charge in [0.05, 0.1) is 0 Å². The van der Waals surface area contributed by atoms with Gasteiger partial charge in [-0.15, -0.1) is 0 Å². The van der Waals surface area contributed by atoms with Gasteiger partial charge in [0.25, 0.3) is 0 Å². The van der Waals surface area contributed by atoms with E-state index in [2.05, 4.69) is 46.0 Å². The second-order valence-electron chi connectivity index (χ2n) is 8.40. The first-order valence-electron chi connectivity index (χ1n) is 9.34. The smallest absolute Gasteiger partial charge is 0.410 e. The highest BCUT2D eigenvalue weighted by atomic mass is 16.6. The molecule has 0 aromatic heterocycles. The van der Waals surface area contributed by atoms with Gasteiger partial charge in [-0.2, -0.15) is 0 Å². The van der Waals surface area contributed by atoms with Gasteiger partial charge in [0, 0.05) is 6.54 Å². The van der Waals surface area contributed by atoms with Crippen LogP contribution in [0.2, 0.25) is 0 Å². The molecule has 1 aliphatic carbocycles. The van der Waals surface area contributed by atoms with E-state index >= 15 is 0 Å². The minimum atomic E-state index is -0.335. The molecule has 1 saturated carbocycles. The number of rotatable bonds is 5. The van der Waals surface area contributed by atoms with Crippen LogP contribution in [0.3, 0.4) is 0 Å². The number of ether oxygens (including phenoxy) is 1. The molecule has 1 unspecified atom stereocenters. The lowest BCUT2D eigenvalue weighted by atomic mass is 9.64. The van der Waals surface area contributed by atoms with E-state index in [-0.39, 0.29) is 11.5 Å². The first-order valence-corrected chi connectivity index (χ1v) is 9.34. The van der Waals surface area contributed by atoms with Crippen molar-refractivity contribution in [3.8, 4) is 5.75 Å². The second-order valence-corrected chi connectivity index (χ2v) is 8.40. The Kier molecular flexibility index (Phi) is 5.95. The Morgan fingerprint density at radius 2 is 1.92 bits per heavy atom. The molecule has 24 heavy (non-hydrogen) atoms. The van der Waals surface area contributed by atoms with Crippen LogP contribution in [0.15, 0.2) is 18.2 Å². The normalized spacial score (nSPS) is 22.9. The third-order valence-corrected chi connectivity index (χ3v) is 5.32. The first-order chi connectivity index (χ1) is 11.3. The number of carbonyl (C=O) groups excluding carboxylic acids is 1. The van der Waals surface area contributed by atoms with Gasteiger partial charge in [-0.25, -0.2) is 4.79 Å². The summed E-state index contributed by atoms with van der Waals surface area (Å²) in [5.41, 5.74) is 2.90. The summed E-state index contributed by atoms with van der Waals surface area (Å²) in [7, 11) is 0. The number of nitrogens with one attached hydrogen (secondary N) is 1. The third-order valence-electron chi connectivity index (χ3n) is 5.32. The molecule has 2 rings (SSSR count). The summed E-state index contributed by atoms with van der Waals surface area (Å²) in [6, 6.07) is 6.09. The lowest BCUT2D eigenvalue weighted by molar-refractivity contribution is 0.0969. The maximum Gasteiger partial charge on any atom is 0.412 e. The SMILES string of the molecule is CCc1ccc(OC(=O)NCC2(C)CCCC(C)(C)C2)c(CC)c1. The van der Waals surface area contributed by atoms with Crippen LogP contribution >= 0.6 is 0 Å². The summed E-state index contributed by atoms with van der Waals surface area (Å²) >= 11 is 0. The highest BCUT2D eigenvalue weighted by molar-refractivity contribution is 5.71. The Bertz CT molecular complexity index is 579. The fourth-order valence-electron chi connectivity index (χ4n) is 4.13. The molecular formula is C21H33NO2. The lowest BCUT2D eigenvalue weighted by Gasteiger charge is -2.42. The van der Waals surface area contributed by atoms with Gasteiger partial charge in [-0.1, -0.05) is 53.2 Å². The molecule has 134 valence electrons. The monoisotopic (exact) mass is 331 g/mol. The van der Waals surface area contributed by atoms with E-state index < -0.39 is 0 Å². The van der Waals surface area contributed by atoms with Crippen molar-refractivity contribution in [3.05, 3.63) is 29.3 Å². The van der Waals surface area contributed by atoms with Crippen molar-refractivity contribution in [1.29, 1.82) is 0 Å². The van der Waals surface area contributed by atoms with Crippen molar-refractivity contribution in [2.45, 2.75) is 73.1 Å². The Labute approximate surface area is 147 Å². The molecule has 1 aromatic rings. The highest BCUT2D eigenvalue weighted by Gasteiger charge is 2.36. The molecule has 0 spiro atoms. The Morgan fingerprint density at radius 3 is 2.54 bits per heavy atom. The van der Waals surface area contributed by atoms with Crippen LogP contribution in [0, 0.1) is 10.8 Å². The van der Waals surface area contributed by atoms with Crippen molar-refractivity contribution in [1.82, 2.24) is 5.32 Å². The number of hydrogen-bond acceptors (Lipinski definition) is 2. The van der Waals surface area contributed by atoms with Crippen molar-refractivity contribution in [2.24, 2.45) is 10.8 Å². The largest absolute Gasteiger partial charge is 0.412 e. The van der Waals surface area contributed by atoms with Crippen molar-refractivity contribution >= 4 is 6.09 Å². The summed E-state index contributed by atoms with van der Waals surface area (Å²) in [4.78, 5) is 12.2. The predicted octanol–water partition coefficient (Wildman–Crippen LogP) is 5.51. The number of amides is 1. The van der Waals surface area contributed by atoms with Crippen molar-refractivity contribution in [2.75, 3.05) is 6.54 Å². The van der Waals surface area contributed by atoms with Gasteiger partial charge in [0.2, 0.25) is 0 Å². The maximum absolute atomic E-state index is 12.2. The average molecular weight is 332 g/mol. The minimum absolute atomic E-state index is 0.167. The Morgan fingerprint density at radius 1 is 1.17 bits per heavy atom. The Hall–Kier alpha value is -1.51. The van der Waals surface area contributed by atoms with E-state index in [1.807, 2.05) is 12.1 Å². The summed E-state index contributed by atoms with van der Waals surface area (Å²) in [6.07, 6.45) is 6.35. The predicted molar refractivity (Wildman–Crippen MR) is 99.6 cm³/mol. The highest BCUT2D eigenvalue weighted by Crippen LogP contribution is 2.45. The molecule has 1 fully saturated rings. The van der Waals surface area contributed by atoms with Crippen molar-refractivity contribution in [3.63, 3.8) is 0 Å². The van der Waals surface area contributed by atoms with Crippen LogP contribution in [0.1, 0.15) is 71.4 Å². The van der Waals surface area contributed by atoms with Gasteiger partial charge in [-0.3, -0.25) is 0 Å². The summed E-state index contributed by atoms with van der Waals surface area (Å²) in [6.45, 7) is 11.8. The maximum atomic E-state index is 12.2. The molecule has 3 nitrogen and oxygen atoms in total. The topological polar surface area (TPSA) is 38.3 Å². The molecule has 0 heterocycles. The van der Waals surface area contributed by atoms with Crippen LogP contribution in [-0.4, -0.2) is 12.6 Å². The fourth-order valence-corrected chi connectivity index (χ4v) is 4.13. The lowest BCUT2D eigenvalue weighted by Crippen LogP contribution is -2.41. The molecule has 1 N–H and O–H groups in total. The molecule has 0 bridgehead atoms. The van der Waals surface area contributed by atoms with E-state index in [4.69, 9.17) is 4.74 Å². The summed E-state index contributed by atoms with van der Waals surface area (Å²) < 4.78 is 5.57. The van der Waals surface area contributed by atoms with Crippen molar-refractivity contribution < 1.29 is 9.53 Å². The quantitative estimate of drug-likeness (QED) is 0.773. The van der Waals surface area contributed by atoms with E-state index in [1.165, 1.54) is 24.8 Å². The number of benzene rings is 1. The van der Waals surface area contributed by atoms with Gasteiger partial charge in [-0.05, 0) is 60.1 Å². The zero-order chi connectivity index (χ0) is 17.8. The summed E-state index contributed by atoms with van der Waals surface area (Å²) in [5, 5.41) is 3.00.